The van der Waals surface area contributed by atoms with Gasteiger partial charge >= 0.3 is 0 Å². The van der Waals surface area contributed by atoms with Gasteiger partial charge in [0.2, 0.25) is 0 Å². The van der Waals surface area contributed by atoms with Crippen LogP contribution in [-0.4, -0.2) is 10.2 Å². The number of nitrogens with two attached hydrogens (primary N) is 1. The minimum absolute atomic E-state index is 0.601. The number of aromatic amines is 1. The zero-order valence-corrected chi connectivity index (χ0v) is 9.88. The van der Waals surface area contributed by atoms with Gasteiger partial charge in [0.1, 0.15) is 5.82 Å². The molecule has 1 fully saturated rings. The number of hydrogen-bond donors (Lipinski definition) is 2. The Kier molecular flexibility index (Phi) is 2.72. The number of aromatic nitrogens is 2. The largest absolute Gasteiger partial charge is 0.382 e. The molecule has 3 N–H and O–H groups in total. The van der Waals surface area contributed by atoms with Gasteiger partial charge in [-0.1, -0.05) is 20.8 Å². The molecule has 0 spiro atoms. The summed E-state index contributed by atoms with van der Waals surface area (Å²) in [5.41, 5.74) is 8.44. The maximum absolute atomic E-state index is 5.91. The molecular weight excluding hydrogens is 186 g/mol. The molecule has 1 aliphatic carbocycles. The van der Waals surface area contributed by atoms with Gasteiger partial charge in [0, 0.05) is 17.2 Å². The van der Waals surface area contributed by atoms with Crippen molar-refractivity contribution in [2.45, 2.75) is 46.0 Å². The highest BCUT2D eigenvalue weighted by Gasteiger charge is 2.32. The summed E-state index contributed by atoms with van der Waals surface area (Å²) in [5, 5.41) is 7.28. The predicted octanol–water partition coefficient (Wildman–Crippen LogP) is 2.70. The highest BCUT2D eigenvalue weighted by atomic mass is 15.2. The van der Waals surface area contributed by atoms with Gasteiger partial charge < -0.3 is 5.73 Å². The van der Waals surface area contributed by atoms with Crippen LogP contribution in [0.2, 0.25) is 0 Å². The second kappa shape index (κ2) is 3.87. The SMILES string of the molecule is CC(C)Cc1c(N)n[nH]c1C(C)C1CC1. The van der Waals surface area contributed by atoms with Crippen LogP contribution in [0.4, 0.5) is 5.82 Å². The summed E-state index contributed by atoms with van der Waals surface area (Å²) in [6.45, 7) is 6.73. The molecule has 0 radical (unpaired) electrons. The standard InChI is InChI=1S/C12H21N3/c1-7(2)6-10-11(14-15-12(10)13)8(3)9-4-5-9/h7-9H,4-6H2,1-3H3,(H3,13,14,15). The number of hydrogen-bond acceptors (Lipinski definition) is 2. The summed E-state index contributed by atoms with van der Waals surface area (Å²) in [6, 6.07) is 0. The van der Waals surface area contributed by atoms with E-state index < -0.39 is 0 Å². The minimum atomic E-state index is 0.601. The van der Waals surface area contributed by atoms with Gasteiger partial charge in [-0.3, -0.25) is 5.10 Å². The monoisotopic (exact) mass is 207 g/mol. The van der Waals surface area contributed by atoms with Crippen LogP contribution in [0.1, 0.15) is 50.8 Å². The van der Waals surface area contributed by atoms with Crippen LogP contribution < -0.4 is 5.73 Å². The zero-order chi connectivity index (χ0) is 11.0. The second-order valence-electron chi connectivity index (χ2n) is 5.23. The van der Waals surface area contributed by atoms with Gasteiger partial charge in [-0.05, 0) is 31.1 Å². The van der Waals surface area contributed by atoms with Gasteiger partial charge in [0.25, 0.3) is 0 Å². The maximum Gasteiger partial charge on any atom is 0.148 e. The van der Waals surface area contributed by atoms with Crippen LogP contribution in [-0.2, 0) is 6.42 Å². The lowest BCUT2D eigenvalue weighted by Crippen LogP contribution is -2.04. The number of anilines is 1. The number of H-pyrrole nitrogens is 1. The third-order valence-electron chi connectivity index (χ3n) is 3.33. The lowest BCUT2D eigenvalue weighted by molar-refractivity contribution is 0.606. The van der Waals surface area contributed by atoms with E-state index in [4.69, 9.17) is 5.73 Å². The molecule has 0 bridgehead atoms. The summed E-state index contributed by atoms with van der Waals surface area (Å²) in [7, 11) is 0. The van der Waals surface area contributed by atoms with Crippen molar-refractivity contribution in [2.24, 2.45) is 11.8 Å². The van der Waals surface area contributed by atoms with Gasteiger partial charge in [-0.25, -0.2) is 0 Å². The Balaban J connectivity index is 2.21. The van der Waals surface area contributed by atoms with E-state index in [0.29, 0.717) is 17.7 Å². The van der Waals surface area contributed by atoms with Crippen molar-refractivity contribution < 1.29 is 0 Å². The molecule has 1 aromatic rings. The number of nitrogens with one attached hydrogen (secondary N) is 1. The molecule has 1 saturated carbocycles. The molecule has 2 rings (SSSR count). The quantitative estimate of drug-likeness (QED) is 0.797. The minimum Gasteiger partial charge on any atom is -0.382 e. The molecule has 0 aromatic carbocycles. The lowest BCUT2D eigenvalue weighted by Gasteiger charge is -2.12. The first-order chi connectivity index (χ1) is 7.09. The second-order valence-corrected chi connectivity index (χ2v) is 5.23. The average Bonchev–Trinajstić information content (AvgIpc) is 2.93. The third kappa shape index (κ3) is 2.16. The molecule has 1 aliphatic rings. The first-order valence-electron chi connectivity index (χ1n) is 5.92. The van der Waals surface area contributed by atoms with Crippen molar-refractivity contribution in [1.82, 2.24) is 10.2 Å². The Morgan fingerprint density at radius 3 is 2.60 bits per heavy atom. The smallest absolute Gasteiger partial charge is 0.148 e. The van der Waals surface area contributed by atoms with Crippen LogP contribution in [0.15, 0.2) is 0 Å². The fourth-order valence-electron chi connectivity index (χ4n) is 2.22. The molecule has 1 unspecified atom stereocenters. The summed E-state index contributed by atoms with van der Waals surface area (Å²) in [6.07, 6.45) is 3.76. The number of rotatable bonds is 4. The highest BCUT2D eigenvalue weighted by molar-refractivity contribution is 5.44. The van der Waals surface area contributed by atoms with Crippen LogP contribution >= 0.6 is 0 Å². The van der Waals surface area contributed by atoms with Crippen molar-refractivity contribution in [1.29, 1.82) is 0 Å². The van der Waals surface area contributed by atoms with E-state index in [-0.39, 0.29) is 0 Å². The topological polar surface area (TPSA) is 54.7 Å². The Hall–Kier alpha value is -0.990. The van der Waals surface area contributed by atoms with Gasteiger partial charge in [-0.2, -0.15) is 5.10 Å². The van der Waals surface area contributed by atoms with E-state index in [0.717, 1.165) is 12.3 Å². The zero-order valence-electron chi connectivity index (χ0n) is 9.88. The van der Waals surface area contributed by atoms with Crippen molar-refractivity contribution in [3.63, 3.8) is 0 Å². The van der Waals surface area contributed by atoms with Crippen molar-refractivity contribution in [3.8, 4) is 0 Å². The molecule has 3 heteroatoms. The molecular formula is C12H21N3. The fraction of sp³-hybridized carbons (Fsp3) is 0.750. The van der Waals surface area contributed by atoms with Crippen molar-refractivity contribution in [3.05, 3.63) is 11.3 Å². The van der Waals surface area contributed by atoms with Crippen molar-refractivity contribution in [2.75, 3.05) is 5.73 Å². The summed E-state index contributed by atoms with van der Waals surface area (Å²) in [4.78, 5) is 0. The third-order valence-corrected chi connectivity index (χ3v) is 3.33. The Labute approximate surface area is 91.4 Å². The van der Waals surface area contributed by atoms with Crippen LogP contribution in [0, 0.1) is 11.8 Å². The van der Waals surface area contributed by atoms with E-state index in [2.05, 4.69) is 31.0 Å². The molecule has 15 heavy (non-hydrogen) atoms. The number of nitrogen functional groups attached to an aromatic ring is 1. The molecule has 84 valence electrons. The van der Waals surface area contributed by atoms with E-state index in [1.165, 1.54) is 24.1 Å². The predicted molar refractivity (Wildman–Crippen MR) is 62.7 cm³/mol. The first kappa shape index (κ1) is 10.5. The fourth-order valence-corrected chi connectivity index (χ4v) is 2.22. The Bertz CT molecular complexity index is 337. The first-order valence-corrected chi connectivity index (χ1v) is 5.92. The van der Waals surface area contributed by atoms with Gasteiger partial charge in [0.15, 0.2) is 0 Å². The molecule has 0 aliphatic heterocycles. The molecule has 0 amide bonds. The van der Waals surface area contributed by atoms with E-state index >= 15 is 0 Å². The van der Waals surface area contributed by atoms with E-state index in [9.17, 15) is 0 Å². The number of nitrogens with zero attached hydrogens (tertiary/aromatic N) is 1. The van der Waals surface area contributed by atoms with Gasteiger partial charge in [0.05, 0.1) is 0 Å². The molecule has 1 heterocycles. The average molecular weight is 207 g/mol. The Morgan fingerprint density at radius 1 is 1.40 bits per heavy atom. The molecule has 1 aromatic heterocycles. The molecule has 0 saturated heterocycles. The lowest BCUT2D eigenvalue weighted by atomic mass is 9.94. The van der Waals surface area contributed by atoms with Crippen molar-refractivity contribution >= 4 is 5.82 Å². The van der Waals surface area contributed by atoms with Gasteiger partial charge in [-0.15, -0.1) is 0 Å². The highest BCUT2D eigenvalue weighted by Crippen LogP contribution is 2.43. The van der Waals surface area contributed by atoms with Crippen LogP contribution in [0.5, 0.6) is 0 Å². The van der Waals surface area contributed by atoms with Crippen LogP contribution in [0.3, 0.4) is 0 Å². The van der Waals surface area contributed by atoms with E-state index in [1.807, 2.05) is 0 Å². The summed E-state index contributed by atoms with van der Waals surface area (Å²) >= 11 is 0. The molecule has 1 atom stereocenters. The van der Waals surface area contributed by atoms with Crippen LogP contribution in [0.25, 0.3) is 0 Å². The molecule has 3 nitrogen and oxygen atoms in total. The maximum atomic E-state index is 5.91. The summed E-state index contributed by atoms with van der Waals surface area (Å²) < 4.78 is 0. The summed E-state index contributed by atoms with van der Waals surface area (Å²) in [5.74, 6) is 2.79. The van der Waals surface area contributed by atoms with E-state index in [1.54, 1.807) is 0 Å². The normalized spacial score (nSPS) is 18.4. The Morgan fingerprint density at radius 2 is 2.07 bits per heavy atom.